The maximum atomic E-state index is 6.32. The van der Waals surface area contributed by atoms with E-state index in [4.69, 9.17) is 16.3 Å². The van der Waals surface area contributed by atoms with Crippen molar-refractivity contribution in [2.24, 2.45) is 5.92 Å². The molecule has 3 heteroatoms. The molecular formula is C17H18ClNO. The summed E-state index contributed by atoms with van der Waals surface area (Å²) < 4.78 is 5.84. The fourth-order valence-electron chi connectivity index (χ4n) is 2.49. The van der Waals surface area contributed by atoms with E-state index < -0.39 is 0 Å². The van der Waals surface area contributed by atoms with E-state index in [-0.39, 0.29) is 0 Å². The van der Waals surface area contributed by atoms with Crippen LogP contribution in [0, 0.1) is 5.92 Å². The molecule has 0 saturated carbocycles. The number of benzene rings is 2. The Labute approximate surface area is 124 Å². The van der Waals surface area contributed by atoms with Gasteiger partial charge in [-0.25, -0.2) is 0 Å². The maximum Gasteiger partial charge on any atom is 0.137 e. The third-order valence-electron chi connectivity index (χ3n) is 3.68. The van der Waals surface area contributed by atoms with E-state index >= 15 is 0 Å². The van der Waals surface area contributed by atoms with Crippen LogP contribution in [0.15, 0.2) is 48.5 Å². The first-order valence-corrected chi connectivity index (χ1v) is 7.39. The summed E-state index contributed by atoms with van der Waals surface area (Å²) in [6.45, 7) is 2.87. The lowest BCUT2D eigenvalue weighted by Gasteiger charge is -2.13. The van der Waals surface area contributed by atoms with E-state index in [9.17, 15) is 0 Å². The van der Waals surface area contributed by atoms with Crippen molar-refractivity contribution >= 4 is 11.6 Å². The normalized spacial score (nSPS) is 18.1. The minimum absolute atomic E-state index is 0.597. The van der Waals surface area contributed by atoms with Crippen LogP contribution in [0.4, 0.5) is 0 Å². The van der Waals surface area contributed by atoms with Crippen molar-refractivity contribution in [2.45, 2.75) is 6.42 Å². The van der Waals surface area contributed by atoms with Crippen LogP contribution in [-0.2, 0) is 0 Å². The van der Waals surface area contributed by atoms with Gasteiger partial charge in [0.05, 0.1) is 11.6 Å². The molecule has 0 aliphatic carbocycles. The number of hydrogen-bond donors (Lipinski definition) is 1. The molecule has 0 bridgehead atoms. The summed E-state index contributed by atoms with van der Waals surface area (Å²) in [4.78, 5) is 0. The highest BCUT2D eigenvalue weighted by Gasteiger charge is 2.15. The maximum absolute atomic E-state index is 6.32. The second kappa shape index (κ2) is 6.29. The van der Waals surface area contributed by atoms with Crippen LogP contribution in [0.3, 0.4) is 0 Å². The van der Waals surface area contributed by atoms with Crippen LogP contribution >= 0.6 is 11.6 Å². The van der Waals surface area contributed by atoms with Crippen molar-refractivity contribution in [1.82, 2.24) is 5.32 Å². The summed E-state index contributed by atoms with van der Waals surface area (Å²) in [5.74, 6) is 1.37. The second-order valence-electron chi connectivity index (χ2n) is 5.18. The average molecular weight is 288 g/mol. The zero-order valence-electron chi connectivity index (χ0n) is 11.3. The number of halogens is 1. The van der Waals surface area contributed by atoms with Crippen LogP contribution in [0.5, 0.6) is 5.75 Å². The van der Waals surface area contributed by atoms with Gasteiger partial charge in [-0.2, -0.15) is 0 Å². The Balaban J connectivity index is 1.71. The van der Waals surface area contributed by atoms with Crippen molar-refractivity contribution in [3.63, 3.8) is 0 Å². The van der Waals surface area contributed by atoms with E-state index in [0.717, 1.165) is 31.0 Å². The SMILES string of the molecule is Clc1cc(-c2ccccc2)ccc1OC[C@H]1CCNC1. The van der Waals surface area contributed by atoms with Gasteiger partial charge in [-0.15, -0.1) is 0 Å². The lowest BCUT2D eigenvalue weighted by molar-refractivity contribution is 0.260. The van der Waals surface area contributed by atoms with E-state index in [2.05, 4.69) is 23.5 Å². The van der Waals surface area contributed by atoms with Gasteiger partial charge in [0, 0.05) is 12.5 Å². The summed E-state index contributed by atoms with van der Waals surface area (Å²) in [6.07, 6.45) is 1.18. The van der Waals surface area contributed by atoms with Gasteiger partial charge in [-0.1, -0.05) is 48.0 Å². The quantitative estimate of drug-likeness (QED) is 0.918. The highest BCUT2D eigenvalue weighted by atomic mass is 35.5. The molecule has 0 amide bonds. The molecule has 1 aliphatic rings. The van der Waals surface area contributed by atoms with Crippen LogP contribution in [0.2, 0.25) is 5.02 Å². The molecule has 3 rings (SSSR count). The second-order valence-corrected chi connectivity index (χ2v) is 5.59. The molecule has 2 aromatic rings. The molecular weight excluding hydrogens is 270 g/mol. The minimum atomic E-state index is 0.597. The largest absolute Gasteiger partial charge is 0.492 e. The molecule has 1 aliphatic heterocycles. The Morgan fingerprint density at radius 2 is 1.95 bits per heavy atom. The summed E-state index contributed by atoms with van der Waals surface area (Å²) in [6, 6.07) is 16.2. The van der Waals surface area contributed by atoms with Gasteiger partial charge in [0.25, 0.3) is 0 Å². The van der Waals surface area contributed by atoms with Gasteiger partial charge in [-0.05, 0) is 36.2 Å². The molecule has 1 N–H and O–H groups in total. The number of nitrogens with one attached hydrogen (secondary N) is 1. The number of ether oxygens (including phenoxy) is 1. The number of rotatable bonds is 4. The van der Waals surface area contributed by atoms with Crippen molar-refractivity contribution in [2.75, 3.05) is 19.7 Å². The topological polar surface area (TPSA) is 21.3 Å². The molecule has 1 atom stereocenters. The highest BCUT2D eigenvalue weighted by Crippen LogP contribution is 2.30. The zero-order valence-corrected chi connectivity index (χ0v) is 12.1. The molecule has 20 heavy (non-hydrogen) atoms. The predicted molar refractivity (Wildman–Crippen MR) is 83.4 cm³/mol. The zero-order chi connectivity index (χ0) is 13.8. The Morgan fingerprint density at radius 3 is 2.65 bits per heavy atom. The third kappa shape index (κ3) is 3.14. The van der Waals surface area contributed by atoms with Crippen molar-refractivity contribution in [1.29, 1.82) is 0 Å². The van der Waals surface area contributed by atoms with Gasteiger partial charge >= 0.3 is 0 Å². The molecule has 1 fully saturated rings. The fraction of sp³-hybridized carbons (Fsp3) is 0.294. The standard InChI is InChI=1S/C17H18ClNO/c18-16-10-15(14-4-2-1-3-5-14)6-7-17(16)20-12-13-8-9-19-11-13/h1-7,10,13,19H,8-9,11-12H2/t13-/m0/s1. The van der Waals surface area contributed by atoms with Crippen molar-refractivity contribution in [3.05, 3.63) is 53.6 Å². The Morgan fingerprint density at radius 1 is 1.10 bits per heavy atom. The molecule has 2 nitrogen and oxygen atoms in total. The first-order chi connectivity index (χ1) is 9.83. The predicted octanol–water partition coefficient (Wildman–Crippen LogP) is 4.00. The Hall–Kier alpha value is -1.51. The van der Waals surface area contributed by atoms with Crippen LogP contribution in [0.1, 0.15) is 6.42 Å². The summed E-state index contributed by atoms with van der Waals surface area (Å²) in [5, 5.41) is 4.02. The molecule has 104 valence electrons. The van der Waals surface area contributed by atoms with Gasteiger partial charge < -0.3 is 10.1 Å². The Kier molecular flexibility index (Phi) is 4.24. The van der Waals surface area contributed by atoms with Gasteiger partial charge in [0.1, 0.15) is 5.75 Å². The van der Waals surface area contributed by atoms with E-state index in [0.29, 0.717) is 10.9 Å². The summed E-state index contributed by atoms with van der Waals surface area (Å²) >= 11 is 6.32. The van der Waals surface area contributed by atoms with Gasteiger partial charge in [0.15, 0.2) is 0 Å². The molecule has 0 unspecified atom stereocenters. The molecule has 2 aromatic carbocycles. The van der Waals surface area contributed by atoms with Gasteiger partial charge in [0.2, 0.25) is 0 Å². The molecule has 1 saturated heterocycles. The van der Waals surface area contributed by atoms with Crippen molar-refractivity contribution < 1.29 is 4.74 Å². The van der Waals surface area contributed by atoms with Crippen LogP contribution in [-0.4, -0.2) is 19.7 Å². The lowest BCUT2D eigenvalue weighted by atomic mass is 10.1. The molecule has 0 radical (unpaired) electrons. The minimum Gasteiger partial charge on any atom is -0.492 e. The Bertz CT molecular complexity index is 564. The molecule has 1 heterocycles. The molecule has 0 aromatic heterocycles. The smallest absolute Gasteiger partial charge is 0.137 e. The molecule has 0 spiro atoms. The third-order valence-corrected chi connectivity index (χ3v) is 3.97. The van der Waals surface area contributed by atoms with Crippen LogP contribution < -0.4 is 10.1 Å². The van der Waals surface area contributed by atoms with E-state index in [1.165, 1.54) is 12.0 Å². The van der Waals surface area contributed by atoms with Gasteiger partial charge in [-0.3, -0.25) is 0 Å². The fourth-order valence-corrected chi connectivity index (χ4v) is 2.73. The number of hydrogen-bond acceptors (Lipinski definition) is 2. The van der Waals surface area contributed by atoms with Crippen LogP contribution in [0.25, 0.3) is 11.1 Å². The first-order valence-electron chi connectivity index (χ1n) is 7.01. The lowest BCUT2D eigenvalue weighted by Crippen LogP contribution is -2.15. The average Bonchev–Trinajstić information content (AvgIpc) is 3.00. The van der Waals surface area contributed by atoms with Crippen molar-refractivity contribution in [3.8, 4) is 16.9 Å². The first kappa shape index (κ1) is 13.5. The monoisotopic (exact) mass is 287 g/mol. The summed E-state index contributed by atoms with van der Waals surface area (Å²) in [7, 11) is 0. The summed E-state index contributed by atoms with van der Waals surface area (Å²) in [5.41, 5.74) is 2.28. The van der Waals surface area contributed by atoms with E-state index in [1.54, 1.807) is 0 Å². The van der Waals surface area contributed by atoms with E-state index in [1.807, 2.05) is 30.3 Å². The highest BCUT2D eigenvalue weighted by molar-refractivity contribution is 6.32.